The summed E-state index contributed by atoms with van der Waals surface area (Å²) in [7, 11) is 0. The van der Waals surface area contributed by atoms with Crippen molar-refractivity contribution in [1.29, 1.82) is 0 Å². The Morgan fingerprint density at radius 1 is 1.33 bits per heavy atom. The molecule has 0 fully saturated rings. The molecule has 12 heavy (non-hydrogen) atoms. The molecule has 3 heteroatoms. The Morgan fingerprint density at radius 3 is 2.17 bits per heavy atom. The van der Waals surface area contributed by atoms with Crippen LogP contribution in [-0.2, 0) is 4.84 Å². The topological polar surface area (TPSA) is 38.7 Å². The van der Waals surface area contributed by atoms with Crippen molar-refractivity contribution in [3.63, 3.8) is 0 Å². The molecule has 0 heterocycles. The lowest BCUT2D eigenvalue weighted by Gasteiger charge is -2.21. The molecule has 0 amide bonds. The van der Waals surface area contributed by atoms with E-state index in [-0.39, 0.29) is 12.0 Å². The van der Waals surface area contributed by atoms with Gasteiger partial charge in [-0.15, -0.1) is 11.5 Å². The first-order chi connectivity index (χ1) is 5.67. The zero-order chi connectivity index (χ0) is 9.56. The number of nitrogens with zero attached hydrogens (tertiary/aromatic N) is 1. The SMILES string of the molecule is C=CC(ON=O)C(C=C)C(C)C. The molecular formula is C9H15NO2. The molecule has 0 saturated heterocycles. The van der Waals surface area contributed by atoms with E-state index in [4.69, 9.17) is 0 Å². The lowest BCUT2D eigenvalue weighted by molar-refractivity contribution is 0.0473. The van der Waals surface area contributed by atoms with Gasteiger partial charge in [-0.25, -0.2) is 0 Å². The summed E-state index contributed by atoms with van der Waals surface area (Å²) in [6, 6.07) is 0. The summed E-state index contributed by atoms with van der Waals surface area (Å²) in [6.45, 7) is 11.3. The third kappa shape index (κ3) is 2.86. The maximum Gasteiger partial charge on any atom is 0.155 e. The van der Waals surface area contributed by atoms with Gasteiger partial charge in [0, 0.05) is 5.92 Å². The number of hydrogen-bond donors (Lipinski definition) is 0. The standard InChI is InChI=1S/C9H15NO2/c1-5-8(7(3)4)9(6-2)12-10-11/h5-9H,1-2H2,3-4H3. The van der Waals surface area contributed by atoms with E-state index in [0.717, 1.165) is 0 Å². The van der Waals surface area contributed by atoms with Gasteiger partial charge >= 0.3 is 0 Å². The van der Waals surface area contributed by atoms with Gasteiger partial charge in [-0.1, -0.05) is 26.5 Å². The van der Waals surface area contributed by atoms with Gasteiger partial charge < -0.3 is 4.84 Å². The second-order valence-electron chi connectivity index (χ2n) is 2.94. The quantitative estimate of drug-likeness (QED) is 0.348. The van der Waals surface area contributed by atoms with Crippen LogP contribution in [0.4, 0.5) is 0 Å². The van der Waals surface area contributed by atoms with Crippen LogP contribution in [0.3, 0.4) is 0 Å². The molecule has 0 aliphatic carbocycles. The van der Waals surface area contributed by atoms with Crippen LogP contribution in [0.5, 0.6) is 0 Å². The van der Waals surface area contributed by atoms with Gasteiger partial charge in [0.05, 0.1) is 0 Å². The molecule has 0 aromatic carbocycles. The maximum absolute atomic E-state index is 9.86. The molecule has 0 aromatic rings. The van der Waals surface area contributed by atoms with Gasteiger partial charge in [0.1, 0.15) is 0 Å². The first-order valence-electron chi connectivity index (χ1n) is 3.91. The highest BCUT2D eigenvalue weighted by molar-refractivity contribution is 4.95. The molecule has 2 unspecified atom stereocenters. The molecule has 3 nitrogen and oxygen atoms in total. The molecule has 2 atom stereocenters. The molecule has 0 N–H and O–H groups in total. The third-order valence-electron chi connectivity index (χ3n) is 1.82. The number of hydrogen-bond acceptors (Lipinski definition) is 3. The van der Waals surface area contributed by atoms with Crippen LogP contribution in [0, 0.1) is 16.7 Å². The van der Waals surface area contributed by atoms with Crippen molar-refractivity contribution in [2.75, 3.05) is 0 Å². The fourth-order valence-electron chi connectivity index (χ4n) is 1.11. The van der Waals surface area contributed by atoms with E-state index in [1.807, 2.05) is 13.8 Å². The van der Waals surface area contributed by atoms with Crippen LogP contribution in [0.1, 0.15) is 13.8 Å². The second-order valence-corrected chi connectivity index (χ2v) is 2.94. The van der Waals surface area contributed by atoms with Gasteiger partial charge in [-0.2, -0.15) is 0 Å². The monoisotopic (exact) mass is 169 g/mol. The minimum atomic E-state index is -0.361. The maximum atomic E-state index is 9.86. The largest absolute Gasteiger partial charge is 0.356 e. The average Bonchev–Trinajstić information content (AvgIpc) is 2.03. The van der Waals surface area contributed by atoms with Crippen LogP contribution >= 0.6 is 0 Å². The summed E-state index contributed by atoms with van der Waals surface area (Å²) in [4.78, 5) is 14.4. The summed E-state index contributed by atoms with van der Waals surface area (Å²) >= 11 is 0. The predicted octanol–water partition coefficient (Wildman–Crippen LogP) is 2.70. The van der Waals surface area contributed by atoms with Crippen molar-refractivity contribution in [3.05, 3.63) is 30.2 Å². The van der Waals surface area contributed by atoms with Gasteiger partial charge in [-0.3, -0.25) is 0 Å². The van der Waals surface area contributed by atoms with Gasteiger partial charge in [0.15, 0.2) is 11.4 Å². The normalized spacial score (nSPS) is 14.9. The Bertz CT molecular complexity index is 166. The van der Waals surface area contributed by atoms with Crippen molar-refractivity contribution in [3.8, 4) is 0 Å². The minimum absolute atomic E-state index is 0.0835. The van der Waals surface area contributed by atoms with Crippen molar-refractivity contribution in [2.24, 2.45) is 17.2 Å². The highest BCUT2D eigenvalue weighted by Gasteiger charge is 2.20. The molecule has 0 radical (unpaired) electrons. The van der Waals surface area contributed by atoms with Gasteiger partial charge in [0.2, 0.25) is 0 Å². The lowest BCUT2D eigenvalue weighted by atomic mass is 9.90. The van der Waals surface area contributed by atoms with E-state index in [9.17, 15) is 4.91 Å². The van der Waals surface area contributed by atoms with E-state index >= 15 is 0 Å². The average molecular weight is 169 g/mol. The smallest absolute Gasteiger partial charge is 0.155 e. The summed E-state index contributed by atoms with van der Waals surface area (Å²) in [5, 5.41) is 2.39. The predicted molar refractivity (Wildman–Crippen MR) is 49.4 cm³/mol. The summed E-state index contributed by atoms with van der Waals surface area (Å²) in [5.74, 6) is 0.437. The van der Waals surface area contributed by atoms with E-state index in [1.54, 1.807) is 12.2 Å². The first kappa shape index (κ1) is 10.9. The minimum Gasteiger partial charge on any atom is -0.356 e. The fourth-order valence-corrected chi connectivity index (χ4v) is 1.11. The molecule has 68 valence electrons. The lowest BCUT2D eigenvalue weighted by Crippen LogP contribution is -2.22. The van der Waals surface area contributed by atoms with Crippen LogP contribution < -0.4 is 0 Å². The molecule has 0 aliphatic heterocycles. The Morgan fingerprint density at radius 2 is 1.92 bits per heavy atom. The van der Waals surface area contributed by atoms with Crippen molar-refractivity contribution in [1.82, 2.24) is 0 Å². The van der Waals surface area contributed by atoms with Crippen molar-refractivity contribution >= 4 is 0 Å². The van der Waals surface area contributed by atoms with Crippen LogP contribution in [0.15, 0.2) is 30.7 Å². The zero-order valence-electron chi connectivity index (χ0n) is 7.56. The highest BCUT2D eigenvalue weighted by Crippen LogP contribution is 2.19. The van der Waals surface area contributed by atoms with Crippen LogP contribution in [-0.4, -0.2) is 6.10 Å². The van der Waals surface area contributed by atoms with E-state index in [0.29, 0.717) is 5.92 Å². The van der Waals surface area contributed by atoms with Crippen LogP contribution in [0.2, 0.25) is 0 Å². The van der Waals surface area contributed by atoms with Crippen LogP contribution in [0.25, 0.3) is 0 Å². The molecule has 0 aliphatic rings. The fraction of sp³-hybridized carbons (Fsp3) is 0.556. The Kier molecular flexibility index (Phi) is 5.00. The molecule has 0 spiro atoms. The Labute approximate surface area is 73.0 Å². The van der Waals surface area contributed by atoms with E-state index < -0.39 is 0 Å². The number of rotatable bonds is 6. The molecule has 0 aromatic heterocycles. The molecule has 0 saturated carbocycles. The molecule has 0 bridgehead atoms. The van der Waals surface area contributed by atoms with Gasteiger partial charge in [-0.05, 0) is 12.0 Å². The van der Waals surface area contributed by atoms with E-state index in [1.165, 1.54) is 0 Å². The summed E-state index contributed by atoms with van der Waals surface area (Å²) in [5.41, 5.74) is 0. The molecule has 0 rings (SSSR count). The van der Waals surface area contributed by atoms with Gasteiger partial charge in [0.25, 0.3) is 0 Å². The van der Waals surface area contributed by atoms with Crippen molar-refractivity contribution < 1.29 is 4.84 Å². The third-order valence-corrected chi connectivity index (χ3v) is 1.82. The summed E-state index contributed by atoms with van der Waals surface area (Å²) < 4.78 is 0. The Balaban J connectivity index is 4.31. The molecular weight excluding hydrogens is 154 g/mol. The Hall–Kier alpha value is -1.12. The highest BCUT2D eigenvalue weighted by atomic mass is 16.7. The zero-order valence-corrected chi connectivity index (χ0v) is 7.56. The first-order valence-corrected chi connectivity index (χ1v) is 3.91. The van der Waals surface area contributed by atoms with E-state index in [2.05, 4.69) is 23.3 Å². The second kappa shape index (κ2) is 5.52. The summed E-state index contributed by atoms with van der Waals surface area (Å²) in [6.07, 6.45) is 2.95. The van der Waals surface area contributed by atoms with Crippen molar-refractivity contribution in [2.45, 2.75) is 20.0 Å².